The number of nitrogen functional groups attached to an aromatic ring is 1. The number of imidazole rings is 1. The minimum atomic E-state index is -4.78. The summed E-state index contributed by atoms with van der Waals surface area (Å²) in [5, 5.41) is 9.60. The standard InChI is InChI=1S/C21H22F4N6O/c1-30-9-17(13-2-3-16(22)15(8-13)21(23,24)25)29-19(30)12-4-6-31(7-5-12)20-14(10-32)18(26)27-11-28-20/h2-3,8-9,11-12,32H,4-7,10H2,1H3,(H2,26,27,28). The van der Waals surface area contributed by atoms with Crippen molar-refractivity contribution in [2.75, 3.05) is 23.7 Å². The summed E-state index contributed by atoms with van der Waals surface area (Å²) in [4.78, 5) is 14.8. The maximum absolute atomic E-state index is 13.6. The normalized spacial score (nSPS) is 15.4. The van der Waals surface area contributed by atoms with E-state index in [0.717, 1.165) is 30.8 Å². The predicted molar refractivity (Wildman–Crippen MR) is 110 cm³/mol. The Morgan fingerprint density at radius 3 is 2.56 bits per heavy atom. The molecule has 1 fully saturated rings. The number of halogens is 4. The van der Waals surface area contributed by atoms with Crippen LogP contribution in [0, 0.1) is 5.82 Å². The molecule has 0 amide bonds. The van der Waals surface area contributed by atoms with Gasteiger partial charge in [0, 0.05) is 37.8 Å². The fraction of sp³-hybridized carbons (Fsp3) is 0.381. The quantitative estimate of drug-likeness (QED) is 0.591. The molecule has 2 aromatic heterocycles. The first-order valence-corrected chi connectivity index (χ1v) is 10.0. The number of anilines is 2. The Morgan fingerprint density at radius 2 is 1.91 bits per heavy atom. The van der Waals surface area contributed by atoms with Gasteiger partial charge in [-0.2, -0.15) is 13.2 Å². The van der Waals surface area contributed by atoms with Crippen LogP contribution >= 0.6 is 0 Å². The van der Waals surface area contributed by atoms with Gasteiger partial charge in [-0.1, -0.05) is 0 Å². The number of nitrogens with zero attached hydrogens (tertiary/aromatic N) is 5. The number of hydrogen-bond acceptors (Lipinski definition) is 6. The third-order valence-electron chi connectivity index (χ3n) is 5.75. The van der Waals surface area contributed by atoms with Crippen LogP contribution in [-0.4, -0.2) is 37.7 Å². The minimum absolute atomic E-state index is 0.0873. The van der Waals surface area contributed by atoms with Crippen molar-refractivity contribution in [3.8, 4) is 11.3 Å². The molecular formula is C21H22F4N6O. The smallest absolute Gasteiger partial charge is 0.391 e. The number of aliphatic hydroxyl groups excluding tert-OH is 1. The third-order valence-corrected chi connectivity index (χ3v) is 5.75. The Balaban J connectivity index is 1.54. The summed E-state index contributed by atoms with van der Waals surface area (Å²) in [5.41, 5.74) is 5.59. The van der Waals surface area contributed by atoms with Crippen molar-refractivity contribution in [1.82, 2.24) is 19.5 Å². The molecule has 0 saturated carbocycles. The Bertz CT molecular complexity index is 1120. The van der Waals surface area contributed by atoms with Crippen molar-refractivity contribution in [3.05, 3.63) is 53.5 Å². The number of nitrogens with two attached hydrogens (primary N) is 1. The molecule has 3 N–H and O–H groups in total. The number of hydrogen-bond donors (Lipinski definition) is 2. The van der Waals surface area contributed by atoms with Gasteiger partial charge in [0.05, 0.1) is 23.4 Å². The molecular weight excluding hydrogens is 428 g/mol. The van der Waals surface area contributed by atoms with E-state index < -0.39 is 17.6 Å². The summed E-state index contributed by atoms with van der Waals surface area (Å²) in [6.45, 7) is 1.03. The van der Waals surface area contributed by atoms with E-state index >= 15 is 0 Å². The van der Waals surface area contributed by atoms with E-state index in [2.05, 4.69) is 15.0 Å². The van der Waals surface area contributed by atoms with Gasteiger partial charge < -0.3 is 20.3 Å². The molecule has 7 nitrogen and oxygen atoms in total. The van der Waals surface area contributed by atoms with E-state index in [1.54, 1.807) is 17.8 Å². The van der Waals surface area contributed by atoms with Crippen LogP contribution in [0.2, 0.25) is 0 Å². The van der Waals surface area contributed by atoms with Gasteiger partial charge in [0.1, 0.15) is 29.6 Å². The number of aromatic nitrogens is 4. The van der Waals surface area contributed by atoms with E-state index in [1.807, 2.05) is 4.90 Å². The van der Waals surface area contributed by atoms with E-state index in [4.69, 9.17) is 5.73 Å². The van der Waals surface area contributed by atoms with Crippen LogP contribution in [0.3, 0.4) is 0 Å². The van der Waals surface area contributed by atoms with Crippen LogP contribution in [0.25, 0.3) is 11.3 Å². The number of aryl methyl sites for hydroxylation is 1. The molecule has 1 aliphatic rings. The van der Waals surface area contributed by atoms with Crippen molar-refractivity contribution in [2.45, 2.75) is 31.5 Å². The van der Waals surface area contributed by atoms with Crippen LogP contribution in [0.5, 0.6) is 0 Å². The number of piperidine rings is 1. The molecule has 0 bridgehead atoms. The SMILES string of the molecule is Cn1cc(-c2ccc(F)c(C(F)(F)F)c2)nc1C1CCN(c2ncnc(N)c2CO)CC1. The third kappa shape index (κ3) is 4.12. The largest absolute Gasteiger partial charge is 0.419 e. The van der Waals surface area contributed by atoms with Crippen molar-refractivity contribution in [3.63, 3.8) is 0 Å². The lowest BCUT2D eigenvalue weighted by molar-refractivity contribution is -0.139. The maximum Gasteiger partial charge on any atom is 0.419 e. The first-order chi connectivity index (χ1) is 15.2. The fourth-order valence-corrected chi connectivity index (χ4v) is 4.09. The average Bonchev–Trinajstić information content (AvgIpc) is 3.14. The van der Waals surface area contributed by atoms with E-state index in [1.165, 1.54) is 12.4 Å². The van der Waals surface area contributed by atoms with Gasteiger partial charge in [0.15, 0.2) is 0 Å². The zero-order valence-electron chi connectivity index (χ0n) is 17.3. The Morgan fingerprint density at radius 1 is 1.19 bits per heavy atom. The summed E-state index contributed by atoms with van der Waals surface area (Å²) in [6.07, 6.45) is -0.294. The average molecular weight is 450 g/mol. The summed E-state index contributed by atoms with van der Waals surface area (Å²) in [7, 11) is 1.79. The first kappa shape index (κ1) is 22.0. The summed E-state index contributed by atoms with van der Waals surface area (Å²) >= 11 is 0. The van der Waals surface area contributed by atoms with Crippen LogP contribution in [0.1, 0.15) is 35.7 Å². The molecule has 11 heteroatoms. The second-order valence-corrected chi connectivity index (χ2v) is 7.77. The summed E-state index contributed by atoms with van der Waals surface area (Å²) in [6, 6.07) is 2.91. The van der Waals surface area contributed by atoms with Gasteiger partial charge in [-0.15, -0.1) is 0 Å². The number of alkyl halides is 3. The van der Waals surface area contributed by atoms with Gasteiger partial charge in [0.2, 0.25) is 0 Å². The van der Waals surface area contributed by atoms with Crippen LogP contribution in [-0.2, 0) is 19.8 Å². The highest BCUT2D eigenvalue weighted by molar-refractivity contribution is 5.60. The minimum Gasteiger partial charge on any atom is -0.391 e. The highest BCUT2D eigenvalue weighted by Gasteiger charge is 2.34. The maximum atomic E-state index is 13.6. The molecule has 170 valence electrons. The van der Waals surface area contributed by atoms with Gasteiger partial charge in [-0.25, -0.2) is 19.3 Å². The lowest BCUT2D eigenvalue weighted by Crippen LogP contribution is -2.35. The van der Waals surface area contributed by atoms with Crippen molar-refractivity contribution in [2.24, 2.45) is 7.05 Å². The fourth-order valence-electron chi connectivity index (χ4n) is 4.09. The van der Waals surface area contributed by atoms with Gasteiger partial charge >= 0.3 is 6.18 Å². The van der Waals surface area contributed by atoms with Crippen molar-refractivity contribution >= 4 is 11.6 Å². The first-order valence-electron chi connectivity index (χ1n) is 10.0. The second kappa shape index (κ2) is 8.38. The highest BCUT2D eigenvalue weighted by Crippen LogP contribution is 2.36. The van der Waals surface area contributed by atoms with Crippen LogP contribution < -0.4 is 10.6 Å². The molecule has 0 aliphatic carbocycles. The van der Waals surface area contributed by atoms with Crippen molar-refractivity contribution < 1.29 is 22.7 Å². The highest BCUT2D eigenvalue weighted by atomic mass is 19.4. The van der Waals surface area contributed by atoms with Crippen molar-refractivity contribution in [1.29, 1.82) is 0 Å². The topological polar surface area (TPSA) is 93.1 Å². The molecule has 1 aromatic carbocycles. The molecule has 0 atom stereocenters. The second-order valence-electron chi connectivity index (χ2n) is 7.77. The molecule has 1 aliphatic heterocycles. The summed E-state index contributed by atoms with van der Waals surface area (Å²) in [5.74, 6) is 0.375. The number of rotatable bonds is 4. The summed E-state index contributed by atoms with van der Waals surface area (Å²) < 4.78 is 54.6. The van der Waals surface area contributed by atoms with Gasteiger partial charge in [-0.05, 0) is 31.0 Å². The van der Waals surface area contributed by atoms with E-state index in [0.29, 0.717) is 30.2 Å². The molecule has 0 spiro atoms. The molecule has 1 saturated heterocycles. The molecule has 3 aromatic rings. The molecule has 0 unspecified atom stereocenters. The van der Waals surface area contributed by atoms with E-state index in [9.17, 15) is 22.7 Å². The van der Waals surface area contributed by atoms with Gasteiger partial charge in [-0.3, -0.25) is 0 Å². The Hall–Kier alpha value is -3.21. The molecule has 3 heterocycles. The number of aliphatic hydroxyl groups is 1. The van der Waals surface area contributed by atoms with Gasteiger partial charge in [0.25, 0.3) is 0 Å². The van der Waals surface area contributed by atoms with Crippen LogP contribution in [0.4, 0.5) is 29.2 Å². The lowest BCUT2D eigenvalue weighted by Gasteiger charge is -2.33. The monoisotopic (exact) mass is 450 g/mol. The number of benzene rings is 1. The zero-order chi connectivity index (χ0) is 23.0. The van der Waals surface area contributed by atoms with E-state index in [-0.39, 0.29) is 23.9 Å². The molecule has 0 radical (unpaired) electrons. The molecule has 32 heavy (non-hydrogen) atoms. The predicted octanol–water partition coefficient (Wildman–Crippen LogP) is 3.49. The van der Waals surface area contributed by atoms with Crippen LogP contribution in [0.15, 0.2) is 30.7 Å². The lowest BCUT2D eigenvalue weighted by atomic mass is 9.95. The molecule has 4 rings (SSSR count). The Labute approximate surface area is 181 Å². The Kier molecular flexibility index (Phi) is 5.76. The zero-order valence-corrected chi connectivity index (χ0v) is 17.3.